The molecule has 0 spiro atoms. The SMILES string of the molecule is C/C=C(\C=NC)Cc1nccc(-c2ccc3c(c2)CC(=CC(=O)CN(C)C)CCCC3C)n1. The van der Waals surface area contributed by atoms with Crippen LogP contribution in [0.15, 0.2) is 58.8 Å². The summed E-state index contributed by atoms with van der Waals surface area (Å²) in [7, 11) is 5.64. The van der Waals surface area contributed by atoms with Crippen LogP contribution < -0.4 is 0 Å². The van der Waals surface area contributed by atoms with Gasteiger partial charge in [0, 0.05) is 31.4 Å². The zero-order chi connectivity index (χ0) is 23.8. The highest BCUT2D eigenvalue weighted by Crippen LogP contribution is 2.33. The number of rotatable bonds is 7. The number of fused-ring (bicyclic) bond motifs is 1. The molecule has 1 aromatic carbocycles. The lowest BCUT2D eigenvalue weighted by molar-refractivity contribution is -0.115. The molecule has 0 N–H and O–H groups in total. The fourth-order valence-corrected chi connectivity index (χ4v) is 4.45. The fourth-order valence-electron chi connectivity index (χ4n) is 4.45. The quantitative estimate of drug-likeness (QED) is 0.434. The van der Waals surface area contributed by atoms with Crippen molar-refractivity contribution in [3.05, 3.63) is 70.7 Å². The van der Waals surface area contributed by atoms with E-state index in [0.29, 0.717) is 18.9 Å². The molecule has 0 bridgehead atoms. The minimum absolute atomic E-state index is 0.178. The summed E-state index contributed by atoms with van der Waals surface area (Å²) in [4.78, 5) is 27.8. The van der Waals surface area contributed by atoms with E-state index in [1.807, 2.05) is 56.5 Å². The van der Waals surface area contributed by atoms with Crippen LogP contribution in [0.25, 0.3) is 11.3 Å². The number of likely N-dealkylation sites (N-methyl/N-ethyl adjacent to an activating group) is 1. The first kappa shape index (κ1) is 24.7. The van der Waals surface area contributed by atoms with Crippen molar-refractivity contribution in [2.45, 2.75) is 51.9 Å². The van der Waals surface area contributed by atoms with Gasteiger partial charge < -0.3 is 4.90 Å². The molecule has 33 heavy (non-hydrogen) atoms. The molecule has 1 atom stereocenters. The average Bonchev–Trinajstić information content (AvgIpc) is 2.77. The standard InChI is InChI=1S/C28H36N4O/c1-6-21(18-29-3)16-28-30-13-12-27(31-28)23-10-11-26-20(2)8-7-9-22(14-24(26)17-23)15-25(33)19-32(4)5/h6,10-13,15,17-18,20H,7-9,14,16,19H2,1-5H3/b21-6-,22-15?,29-18?. The summed E-state index contributed by atoms with van der Waals surface area (Å²) in [5, 5.41) is 0. The zero-order valence-electron chi connectivity index (χ0n) is 20.6. The van der Waals surface area contributed by atoms with Gasteiger partial charge in [-0.15, -0.1) is 0 Å². The van der Waals surface area contributed by atoms with Crippen LogP contribution in [0.5, 0.6) is 0 Å². The van der Waals surface area contributed by atoms with Crippen LogP contribution in [-0.2, 0) is 17.6 Å². The van der Waals surface area contributed by atoms with Gasteiger partial charge in [0.05, 0.1) is 12.2 Å². The van der Waals surface area contributed by atoms with Crippen molar-refractivity contribution in [2.75, 3.05) is 27.7 Å². The molecule has 1 unspecified atom stereocenters. The first-order chi connectivity index (χ1) is 15.9. The number of benzene rings is 1. The Morgan fingerprint density at radius 2 is 2.09 bits per heavy atom. The highest BCUT2D eigenvalue weighted by molar-refractivity contribution is 5.92. The van der Waals surface area contributed by atoms with Gasteiger partial charge in [-0.3, -0.25) is 9.79 Å². The number of allylic oxidation sites excluding steroid dienone is 3. The summed E-state index contributed by atoms with van der Waals surface area (Å²) in [5.74, 6) is 1.48. The highest BCUT2D eigenvalue weighted by Gasteiger charge is 2.18. The molecule has 0 fully saturated rings. The van der Waals surface area contributed by atoms with Gasteiger partial charge in [0.2, 0.25) is 0 Å². The second-order valence-corrected chi connectivity index (χ2v) is 9.18. The van der Waals surface area contributed by atoms with Crippen molar-refractivity contribution in [3.63, 3.8) is 0 Å². The van der Waals surface area contributed by atoms with E-state index in [-0.39, 0.29) is 5.78 Å². The Labute approximate surface area is 198 Å². The Kier molecular flexibility index (Phi) is 8.84. The van der Waals surface area contributed by atoms with E-state index >= 15 is 0 Å². The number of aromatic nitrogens is 2. The minimum Gasteiger partial charge on any atom is -0.302 e. The van der Waals surface area contributed by atoms with Crippen molar-refractivity contribution >= 4 is 12.0 Å². The van der Waals surface area contributed by atoms with Crippen LogP contribution in [0.2, 0.25) is 0 Å². The lowest BCUT2D eigenvalue weighted by Crippen LogP contribution is -2.20. The van der Waals surface area contributed by atoms with Gasteiger partial charge >= 0.3 is 0 Å². The van der Waals surface area contributed by atoms with Crippen LogP contribution >= 0.6 is 0 Å². The number of hydrogen-bond acceptors (Lipinski definition) is 5. The van der Waals surface area contributed by atoms with E-state index in [1.54, 1.807) is 7.05 Å². The predicted octanol–water partition coefficient (Wildman–Crippen LogP) is 5.22. The third-order valence-electron chi connectivity index (χ3n) is 6.09. The van der Waals surface area contributed by atoms with Gasteiger partial charge in [-0.25, -0.2) is 9.97 Å². The topological polar surface area (TPSA) is 58.5 Å². The molecule has 0 saturated carbocycles. The fraction of sp³-hybridized carbons (Fsp3) is 0.429. The van der Waals surface area contributed by atoms with E-state index < -0.39 is 0 Å². The molecular formula is C28H36N4O. The van der Waals surface area contributed by atoms with Crippen LogP contribution in [0.4, 0.5) is 0 Å². The van der Waals surface area contributed by atoms with Crippen LogP contribution in [-0.4, -0.2) is 54.6 Å². The molecule has 1 aromatic heterocycles. The van der Waals surface area contributed by atoms with E-state index in [9.17, 15) is 4.79 Å². The molecule has 1 heterocycles. The summed E-state index contributed by atoms with van der Waals surface area (Å²) in [6, 6.07) is 8.66. The normalized spacial score (nSPS) is 18.4. The number of carbonyl (C=O) groups excluding carboxylic acids is 1. The Hall–Kier alpha value is -2.92. The van der Waals surface area contributed by atoms with Crippen LogP contribution in [0, 0.1) is 0 Å². The molecule has 0 radical (unpaired) electrons. The first-order valence-corrected chi connectivity index (χ1v) is 11.8. The lowest BCUT2D eigenvalue weighted by atomic mass is 9.83. The molecule has 0 amide bonds. The predicted molar refractivity (Wildman–Crippen MR) is 137 cm³/mol. The van der Waals surface area contributed by atoms with Gasteiger partial charge in [0.1, 0.15) is 5.82 Å². The van der Waals surface area contributed by atoms with Crippen molar-refractivity contribution in [3.8, 4) is 11.3 Å². The first-order valence-electron chi connectivity index (χ1n) is 11.8. The number of ketones is 1. The molecule has 5 nitrogen and oxygen atoms in total. The van der Waals surface area contributed by atoms with Crippen molar-refractivity contribution < 1.29 is 4.79 Å². The molecule has 0 saturated heterocycles. The van der Waals surface area contributed by atoms with E-state index in [2.05, 4.69) is 35.1 Å². The van der Waals surface area contributed by atoms with E-state index in [4.69, 9.17) is 4.98 Å². The number of carbonyl (C=O) groups is 1. The Balaban J connectivity index is 1.92. The van der Waals surface area contributed by atoms with E-state index in [0.717, 1.165) is 48.3 Å². The maximum Gasteiger partial charge on any atom is 0.169 e. The Bertz CT molecular complexity index is 1070. The van der Waals surface area contributed by atoms with Crippen molar-refractivity contribution in [1.29, 1.82) is 0 Å². The Morgan fingerprint density at radius 3 is 2.82 bits per heavy atom. The summed E-state index contributed by atoms with van der Waals surface area (Å²) in [6.07, 6.45) is 12.3. The molecule has 0 aliphatic heterocycles. The highest BCUT2D eigenvalue weighted by atomic mass is 16.1. The molecular weight excluding hydrogens is 408 g/mol. The van der Waals surface area contributed by atoms with Gasteiger partial charge in [-0.1, -0.05) is 30.7 Å². The third-order valence-corrected chi connectivity index (χ3v) is 6.09. The summed E-state index contributed by atoms with van der Waals surface area (Å²) in [5.41, 5.74) is 7.03. The molecule has 1 aliphatic rings. The smallest absolute Gasteiger partial charge is 0.169 e. The van der Waals surface area contributed by atoms with E-state index in [1.165, 1.54) is 16.7 Å². The number of hydrogen-bond donors (Lipinski definition) is 0. The number of nitrogens with zero attached hydrogens (tertiary/aromatic N) is 4. The van der Waals surface area contributed by atoms with Gasteiger partial charge in [0.15, 0.2) is 5.78 Å². The Morgan fingerprint density at radius 1 is 1.27 bits per heavy atom. The molecule has 3 rings (SSSR count). The van der Waals surface area contributed by atoms with Crippen molar-refractivity contribution in [1.82, 2.24) is 14.9 Å². The average molecular weight is 445 g/mol. The molecule has 174 valence electrons. The molecule has 2 aromatic rings. The number of aliphatic imine (C=N–C) groups is 1. The monoisotopic (exact) mass is 444 g/mol. The summed E-state index contributed by atoms with van der Waals surface area (Å²) >= 11 is 0. The largest absolute Gasteiger partial charge is 0.302 e. The van der Waals surface area contributed by atoms with Gasteiger partial charge in [0.25, 0.3) is 0 Å². The summed E-state index contributed by atoms with van der Waals surface area (Å²) < 4.78 is 0. The summed E-state index contributed by atoms with van der Waals surface area (Å²) in [6.45, 7) is 4.76. The second kappa shape index (κ2) is 11.8. The maximum atomic E-state index is 12.4. The second-order valence-electron chi connectivity index (χ2n) is 9.18. The lowest BCUT2D eigenvalue weighted by Gasteiger charge is -2.22. The van der Waals surface area contributed by atoms with Crippen molar-refractivity contribution in [2.24, 2.45) is 4.99 Å². The molecule has 1 aliphatic carbocycles. The van der Waals surface area contributed by atoms with Gasteiger partial charge in [-0.05, 0) is 87.5 Å². The third kappa shape index (κ3) is 7.03. The zero-order valence-corrected chi connectivity index (χ0v) is 20.6. The maximum absolute atomic E-state index is 12.4. The molecule has 5 heteroatoms. The van der Waals surface area contributed by atoms with Gasteiger partial charge in [-0.2, -0.15) is 0 Å². The van der Waals surface area contributed by atoms with Crippen LogP contribution in [0.3, 0.4) is 0 Å². The van der Waals surface area contributed by atoms with Crippen LogP contribution in [0.1, 0.15) is 56.0 Å². The minimum atomic E-state index is 0.178.